The zero-order valence-corrected chi connectivity index (χ0v) is 12.5. The Labute approximate surface area is 124 Å². The van der Waals surface area contributed by atoms with Crippen molar-refractivity contribution in [1.82, 2.24) is 5.32 Å². The fourth-order valence-corrected chi connectivity index (χ4v) is 2.33. The minimum absolute atomic E-state index is 0.0166. The van der Waals surface area contributed by atoms with Gasteiger partial charge < -0.3 is 10.2 Å². The van der Waals surface area contributed by atoms with Gasteiger partial charge in [0.05, 0.1) is 5.92 Å². The summed E-state index contributed by atoms with van der Waals surface area (Å²) >= 11 is 5.84. The largest absolute Gasteiger partial charge is 0.356 e. The van der Waals surface area contributed by atoms with Crippen molar-refractivity contribution in [3.05, 3.63) is 29.3 Å². The van der Waals surface area contributed by atoms with Crippen molar-refractivity contribution in [2.75, 3.05) is 18.0 Å². The number of anilines is 1. The second kappa shape index (κ2) is 6.27. The van der Waals surface area contributed by atoms with Gasteiger partial charge in [0, 0.05) is 30.2 Å². The molecule has 0 spiro atoms. The maximum absolute atomic E-state index is 12.0. The molecule has 0 aliphatic carbocycles. The maximum atomic E-state index is 12.0. The lowest BCUT2D eigenvalue weighted by atomic mass is 10.1. The van der Waals surface area contributed by atoms with Gasteiger partial charge >= 0.3 is 0 Å². The fraction of sp³-hybridized carbons (Fsp3) is 0.467. The van der Waals surface area contributed by atoms with Crippen LogP contribution < -0.4 is 10.2 Å². The molecule has 1 saturated heterocycles. The predicted molar refractivity (Wildman–Crippen MR) is 79.8 cm³/mol. The van der Waals surface area contributed by atoms with Gasteiger partial charge in [0.2, 0.25) is 11.8 Å². The van der Waals surface area contributed by atoms with Crippen LogP contribution in [0.15, 0.2) is 24.3 Å². The molecule has 1 N–H and O–H groups in total. The molecule has 20 heavy (non-hydrogen) atoms. The Hall–Kier alpha value is -1.55. The maximum Gasteiger partial charge on any atom is 0.227 e. The van der Waals surface area contributed by atoms with Crippen LogP contribution in [0.5, 0.6) is 0 Å². The summed E-state index contributed by atoms with van der Waals surface area (Å²) in [6.07, 6.45) is 0.270. The summed E-state index contributed by atoms with van der Waals surface area (Å²) in [7, 11) is 0. The molecule has 5 heteroatoms. The zero-order chi connectivity index (χ0) is 14.7. The average Bonchev–Trinajstić information content (AvgIpc) is 2.79. The molecular formula is C15H19ClN2O2. The van der Waals surface area contributed by atoms with Crippen molar-refractivity contribution in [1.29, 1.82) is 0 Å². The SMILES string of the molecule is CC(C)CNC(=O)[C@@H]1CC(=O)N(c2ccc(Cl)cc2)C1. The Morgan fingerprint density at radius 1 is 1.40 bits per heavy atom. The summed E-state index contributed by atoms with van der Waals surface area (Å²) in [5.74, 6) is 0.0842. The molecule has 0 bridgehead atoms. The number of benzene rings is 1. The molecule has 1 fully saturated rings. The summed E-state index contributed by atoms with van der Waals surface area (Å²) in [4.78, 5) is 25.7. The van der Waals surface area contributed by atoms with Gasteiger partial charge in [0.15, 0.2) is 0 Å². The Bertz CT molecular complexity index is 499. The molecule has 1 heterocycles. The van der Waals surface area contributed by atoms with E-state index in [0.29, 0.717) is 24.0 Å². The summed E-state index contributed by atoms with van der Waals surface area (Å²) < 4.78 is 0. The van der Waals surface area contributed by atoms with Crippen LogP contribution in [0.2, 0.25) is 5.02 Å². The molecule has 108 valence electrons. The zero-order valence-electron chi connectivity index (χ0n) is 11.7. The van der Waals surface area contributed by atoms with Crippen molar-refractivity contribution in [3.8, 4) is 0 Å². The highest BCUT2D eigenvalue weighted by molar-refractivity contribution is 6.30. The van der Waals surface area contributed by atoms with Crippen molar-refractivity contribution in [2.45, 2.75) is 20.3 Å². The van der Waals surface area contributed by atoms with E-state index in [1.54, 1.807) is 29.2 Å². The molecule has 0 radical (unpaired) electrons. The molecule has 1 aromatic carbocycles. The minimum Gasteiger partial charge on any atom is -0.356 e. The van der Waals surface area contributed by atoms with Crippen molar-refractivity contribution >= 4 is 29.1 Å². The molecule has 2 rings (SSSR count). The molecule has 1 aromatic rings. The first kappa shape index (κ1) is 14.9. The van der Waals surface area contributed by atoms with Gasteiger partial charge in [0.25, 0.3) is 0 Å². The second-order valence-corrected chi connectivity index (χ2v) is 5.96. The molecule has 0 unspecified atom stereocenters. The van der Waals surface area contributed by atoms with E-state index >= 15 is 0 Å². The molecule has 0 saturated carbocycles. The van der Waals surface area contributed by atoms with Gasteiger partial charge in [-0.05, 0) is 30.2 Å². The smallest absolute Gasteiger partial charge is 0.227 e. The highest BCUT2D eigenvalue weighted by Gasteiger charge is 2.34. The average molecular weight is 295 g/mol. The van der Waals surface area contributed by atoms with Crippen molar-refractivity contribution in [3.63, 3.8) is 0 Å². The molecule has 0 aromatic heterocycles. The molecule has 1 aliphatic rings. The monoisotopic (exact) mass is 294 g/mol. The van der Waals surface area contributed by atoms with E-state index in [-0.39, 0.29) is 24.2 Å². The van der Waals surface area contributed by atoms with E-state index in [9.17, 15) is 9.59 Å². The lowest BCUT2D eigenvalue weighted by Gasteiger charge is -2.17. The molecule has 2 amide bonds. The van der Waals surface area contributed by atoms with Gasteiger partial charge in [-0.2, -0.15) is 0 Å². The lowest BCUT2D eigenvalue weighted by molar-refractivity contribution is -0.126. The number of rotatable bonds is 4. The Balaban J connectivity index is 2.00. The Morgan fingerprint density at radius 2 is 2.05 bits per heavy atom. The van der Waals surface area contributed by atoms with E-state index in [1.807, 2.05) is 13.8 Å². The van der Waals surface area contributed by atoms with Crippen LogP contribution in [0, 0.1) is 11.8 Å². The van der Waals surface area contributed by atoms with Crippen LogP contribution in [0.3, 0.4) is 0 Å². The first-order chi connectivity index (χ1) is 9.47. The van der Waals surface area contributed by atoms with Gasteiger partial charge in [-0.3, -0.25) is 9.59 Å². The number of carbonyl (C=O) groups excluding carboxylic acids is 2. The summed E-state index contributed by atoms with van der Waals surface area (Å²) in [5, 5.41) is 3.52. The van der Waals surface area contributed by atoms with E-state index < -0.39 is 0 Å². The number of halogens is 1. The van der Waals surface area contributed by atoms with Crippen LogP contribution >= 0.6 is 11.6 Å². The third-order valence-corrected chi connectivity index (χ3v) is 3.57. The first-order valence-electron chi connectivity index (χ1n) is 6.81. The number of carbonyl (C=O) groups is 2. The minimum atomic E-state index is -0.267. The van der Waals surface area contributed by atoms with Crippen LogP contribution in [0.4, 0.5) is 5.69 Å². The predicted octanol–water partition coefficient (Wildman–Crippen LogP) is 2.47. The van der Waals surface area contributed by atoms with Crippen molar-refractivity contribution < 1.29 is 9.59 Å². The topological polar surface area (TPSA) is 49.4 Å². The quantitative estimate of drug-likeness (QED) is 0.927. The van der Waals surface area contributed by atoms with Gasteiger partial charge in [-0.1, -0.05) is 25.4 Å². The molecule has 4 nitrogen and oxygen atoms in total. The van der Waals surface area contributed by atoms with E-state index in [2.05, 4.69) is 5.32 Å². The third kappa shape index (κ3) is 3.51. The molecule has 1 aliphatic heterocycles. The molecule has 1 atom stereocenters. The number of nitrogens with zero attached hydrogens (tertiary/aromatic N) is 1. The van der Waals surface area contributed by atoms with Gasteiger partial charge in [0.1, 0.15) is 0 Å². The number of hydrogen-bond acceptors (Lipinski definition) is 2. The Morgan fingerprint density at radius 3 is 2.65 bits per heavy atom. The summed E-state index contributed by atoms with van der Waals surface area (Å²) in [6, 6.07) is 7.09. The van der Waals surface area contributed by atoms with Gasteiger partial charge in [-0.15, -0.1) is 0 Å². The van der Waals surface area contributed by atoms with Crippen LogP contribution in [0.1, 0.15) is 20.3 Å². The first-order valence-corrected chi connectivity index (χ1v) is 7.19. The van der Waals surface area contributed by atoms with Gasteiger partial charge in [-0.25, -0.2) is 0 Å². The number of nitrogens with one attached hydrogen (secondary N) is 1. The lowest BCUT2D eigenvalue weighted by Crippen LogP contribution is -2.34. The highest BCUT2D eigenvalue weighted by atomic mass is 35.5. The van der Waals surface area contributed by atoms with E-state index in [1.165, 1.54) is 0 Å². The fourth-order valence-electron chi connectivity index (χ4n) is 2.20. The van der Waals surface area contributed by atoms with Crippen LogP contribution in [0.25, 0.3) is 0 Å². The number of amides is 2. The number of hydrogen-bond donors (Lipinski definition) is 1. The standard InChI is InChI=1S/C15H19ClN2O2/c1-10(2)8-17-15(20)11-7-14(19)18(9-11)13-5-3-12(16)4-6-13/h3-6,10-11H,7-9H2,1-2H3,(H,17,20)/t11-/m1/s1. The van der Waals surface area contributed by atoms with E-state index in [4.69, 9.17) is 11.6 Å². The van der Waals surface area contributed by atoms with E-state index in [0.717, 1.165) is 5.69 Å². The second-order valence-electron chi connectivity index (χ2n) is 5.52. The highest BCUT2D eigenvalue weighted by Crippen LogP contribution is 2.26. The molecular weight excluding hydrogens is 276 g/mol. The summed E-state index contributed by atoms with van der Waals surface area (Å²) in [5.41, 5.74) is 0.790. The normalized spacial score (nSPS) is 18.7. The van der Waals surface area contributed by atoms with Crippen LogP contribution in [-0.4, -0.2) is 24.9 Å². The van der Waals surface area contributed by atoms with Crippen molar-refractivity contribution in [2.24, 2.45) is 11.8 Å². The Kier molecular flexibility index (Phi) is 4.65. The third-order valence-electron chi connectivity index (χ3n) is 3.32. The summed E-state index contributed by atoms with van der Waals surface area (Å²) in [6.45, 7) is 5.16. The van der Waals surface area contributed by atoms with Crippen LogP contribution in [-0.2, 0) is 9.59 Å².